The minimum absolute atomic E-state index is 0. The van der Waals surface area contributed by atoms with Crippen LogP contribution in [-0.2, 0) is 0 Å². The van der Waals surface area contributed by atoms with Gasteiger partial charge >= 0.3 is 0 Å². The molecule has 0 saturated heterocycles. The molecule has 1 unspecified atom stereocenters. The summed E-state index contributed by atoms with van der Waals surface area (Å²) in [5, 5.41) is 9.16. The van der Waals surface area contributed by atoms with Gasteiger partial charge in [0.15, 0.2) is 0 Å². The summed E-state index contributed by atoms with van der Waals surface area (Å²) in [4.78, 5) is 3.84. The smallest absolute Gasteiger partial charge is 0.0927 e. The Kier molecular flexibility index (Phi) is 8.64. The van der Waals surface area contributed by atoms with E-state index in [4.69, 9.17) is 10.8 Å². The van der Waals surface area contributed by atoms with Gasteiger partial charge in [-0.2, -0.15) is 0 Å². The van der Waals surface area contributed by atoms with Crippen LogP contribution in [0.15, 0.2) is 24.5 Å². The molecule has 5 heteroatoms. The number of aliphatic hydroxyl groups excluding tert-OH is 1. The van der Waals surface area contributed by atoms with Crippen LogP contribution in [0, 0.1) is 0 Å². The van der Waals surface area contributed by atoms with E-state index >= 15 is 0 Å². The zero-order valence-electron chi connectivity index (χ0n) is 6.38. The van der Waals surface area contributed by atoms with Gasteiger partial charge in [0, 0.05) is 24.5 Å². The zero-order chi connectivity index (χ0) is 7.40. The molecule has 1 heterocycles. The first-order valence-electron chi connectivity index (χ1n) is 3.12. The van der Waals surface area contributed by atoms with Gasteiger partial charge in [0.05, 0.1) is 6.10 Å². The minimum Gasteiger partial charge on any atom is -0.387 e. The molecule has 0 bridgehead atoms. The number of aromatic nitrogens is 1. The number of aliphatic hydroxyl groups is 1. The van der Waals surface area contributed by atoms with Crippen LogP contribution >= 0.6 is 24.8 Å². The van der Waals surface area contributed by atoms with Gasteiger partial charge in [-0.1, -0.05) is 6.07 Å². The fourth-order valence-electron chi connectivity index (χ4n) is 0.709. The largest absolute Gasteiger partial charge is 0.387 e. The zero-order valence-corrected chi connectivity index (χ0v) is 8.02. The van der Waals surface area contributed by atoms with Gasteiger partial charge in [-0.3, -0.25) is 4.98 Å². The lowest BCUT2D eigenvalue weighted by atomic mass is 10.2. The third-order valence-electron chi connectivity index (χ3n) is 1.29. The highest BCUT2D eigenvalue weighted by Gasteiger charge is 2.02. The van der Waals surface area contributed by atoms with E-state index in [1.54, 1.807) is 24.5 Å². The maximum Gasteiger partial charge on any atom is 0.0927 e. The van der Waals surface area contributed by atoms with Gasteiger partial charge < -0.3 is 10.8 Å². The van der Waals surface area contributed by atoms with Crippen LogP contribution in [0.5, 0.6) is 0 Å². The Morgan fingerprint density at radius 3 is 2.58 bits per heavy atom. The van der Waals surface area contributed by atoms with E-state index in [1.165, 1.54) is 0 Å². The van der Waals surface area contributed by atoms with Crippen LogP contribution in [0.4, 0.5) is 0 Å². The highest BCUT2D eigenvalue weighted by molar-refractivity contribution is 5.85. The van der Waals surface area contributed by atoms with Crippen molar-refractivity contribution in [3.8, 4) is 0 Å². The lowest BCUT2D eigenvalue weighted by Crippen LogP contribution is -2.11. The summed E-state index contributed by atoms with van der Waals surface area (Å²) in [5.41, 5.74) is 5.99. The van der Waals surface area contributed by atoms with Gasteiger partial charge in [-0.15, -0.1) is 24.8 Å². The molecule has 0 aliphatic rings. The lowest BCUT2D eigenvalue weighted by molar-refractivity contribution is 0.186. The van der Waals surface area contributed by atoms with E-state index < -0.39 is 6.10 Å². The molecule has 3 N–H and O–H groups in total. The molecule has 0 radical (unpaired) electrons. The number of nitrogens with two attached hydrogens (primary N) is 1. The Morgan fingerprint density at radius 1 is 1.50 bits per heavy atom. The fourth-order valence-corrected chi connectivity index (χ4v) is 0.709. The molecule has 0 aliphatic heterocycles. The van der Waals surface area contributed by atoms with E-state index in [1.807, 2.05) is 0 Å². The normalized spacial score (nSPS) is 10.8. The van der Waals surface area contributed by atoms with Crippen molar-refractivity contribution in [1.82, 2.24) is 4.98 Å². The number of hydrogen-bond donors (Lipinski definition) is 2. The van der Waals surface area contributed by atoms with Crippen molar-refractivity contribution < 1.29 is 5.11 Å². The maximum absolute atomic E-state index is 9.16. The molecule has 0 amide bonds. The predicted molar refractivity (Wildman–Crippen MR) is 52.7 cm³/mol. The number of nitrogens with zero attached hydrogens (tertiary/aromatic N) is 1. The highest BCUT2D eigenvalue weighted by atomic mass is 35.5. The minimum atomic E-state index is -0.575. The predicted octanol–water partition coefficient (Wildman–Crippen LogP) is 0.917. The third-order valence-corrected chi connectivity index (χ3v) is 1.29. The Morgan fingerprint density at radius 2 is 2.17 bits per heavy atom. The topological polar surface area (TPSA) is 59.1 Å². The fraction of sp³-hybridized carbons (Fsp3) is 0.286. The van der Waals surface area contributed by atoms with E-state index in [0.29, 0.717) is 0 Å². The molecule has 0 aromatic carbocycles. The number of pyridine rings is 1. The average Bonchev–Trinajstić information content (AvgIpc) is 2.05. The Bertz CT molecular complexity index is 196. The van der Waals surface area contributed by atoms with Crippen LogP contribution < -0.4 is 5.73 Å². The highest BCUT2D eigenvalue weighted by Crippen LogP contribution is 2.07. The second kappa shape index (κ2) is 7.31. The van der Waals surface area contributed by atoms with Crippen LogP contribution in [0.2, 0.25) is 0 Å². The van der Waals surface area contributed by atoms with Crippen LogP contribution in [-0.4, -0.2) is 16.6 Å². The monoisotopic (exact) mass is 210 g/mol. The van der Waals surface area contributed by atoms with Crippen molar-refractivity contribution in [1.29, 1.82) is 0 Å². The number of halogens is 2. The van der Waals surface area contributed by atoms with Crippen LogP contribution in [0.3, 0.4) is 0 Å². The SMILES string of the molecule is Cl.Cl.NCC(O)c1cccnc1. The van der Waals surface area contributed by atoms with E-state index in [0.717, 1.165) is 5.56 Å². The number of hydrogen-bond acceptors (Lipinski definition) is 3. The summed E-state index contributed by atoms with van der Waals surface area (Å²) in [6.45, 7) is 0.242. The molecule has 70 valence electrons. The molecule has 1 atom stereocenters. The first kappa shape index (κ1) is 14.2. The third kappa shape index (κ3) is 3.88. The Labute approximate surface area is 83.8 Å². The summed E-state index contributed by atoms with van der Waals surface area (Å²) < 4.78 is 0. The first-order valence-corrected chi connectivity index (χ1v) is 3.12. The Hall–Kier alpha value is -0.350. The van der Waals surface area contributed by atoms with Gasteiger partial charge in [-0.25, -0.2) is 0 Å². The van der Waals surface area contributed by atoms with Crippen molar-refractivity contribution in [2.24, 2.45) is 5.73 Å². The van der Waals surface area contributed by atoms with Crippen molar-refractivity contribution in [3.63, 3.8) is 0 Å². The lowest BCUT2D eigenvalue weighted by Gasteiger charge is -2.05. The molecule has 0 spiro atoms. The molecular formula is C7H12Cl2N2O. The van der Waals surface area contributed by atoms with Crippen molar-refractivity contribution in [2.45, 2.75) is 6.10 Å². The van der Waals surface area contributed by atoms with Crippen LogP contribution in [0.25, 0.3) is 0 Å². The number of rotatable bonds is 2. The van der Waals surface area contributed by atoms with Gasteiger partial charge in [0.25, 0.3) is 0 Å². The quantitative estimate of drug-likeness (QED) is 0.764. The summed E-state index contributed by atoms with van der Waals surface area (Å²) in [6.07, 6.45) is 2.69. The molecule has 12 heavy (non-hydrogen) atoms. The molecule has 1 aromatic rings. The standard InChI is InChI=1S/C7H10N2O.2ClH/c8-4-7(10)6-2-1-3-9-5-6;;/h1-3,5,7,10H,4,8H2;2*1H. The summed E-state index contributed by atoms with van der Waals surface area (Å²) in [5.74, 6) is 0. The van der Waals surface area contributed by atoms with Crippen molar-refractivity contribution in [2.75, 3.05) is 6.54 Å². The summed E-state index contributed by atoms with van der Waals surface area (Å²) in [7, 11) is 0. The second-order valence-corrected chi connectivity index (χ2v) is 2.04. The molecule has 0 aliphatic carbocycles. The van der Waals surface area contributed by atoms with Crippen molar-refractivity contribution in [3.05, 3.63) is 30.1 Å². The van der Waals surface area contributed by atoms with Gasteiger partial charge in [0.2, 0.25) is 0 Å². The molecule has 1 aromatic heterocycles. The molecular weight excluding hydrogens is 199 g/mol. The molecule has 0 saturated carbocycles. The maximum atomic E-state index is 9.16. The van der Waals surface area contributed by atoms with Crippen molar-refractivity contribution >= 4 is 24.8 Å². The average molecular weight is 211 g/mol. The Balaban J connectivity index is 0. The molecule has 3 nitrogen and oxygen atoms in total. The van der Waals surface area contributed by atoms with Crippen LogP contribution in [0.1, 0.15) is 11.7 Å². The summed E-state index contributed by atoms with van der Waals surface area (Å²) in [6, 6.07) is 3.57. The summed E-state index contributed by atoms with van der Waals surface area (Å²) >= 11 is 0. The van der Waals surface area contributed by atoms with Gasteiger partial charge in [0.1, 0.15) is 0 Å². The molecule has 0 fully saturated rings. The first-order chi connectivity index (χ1) is 4.84. The van der Waals surface area contributed by atoms with E-state index in [9.17, 15) is 0 Å². The van der Waals surface area contributed by atoms with E-state index in [-0.39, 0.29) is 31.4 Å². The molecule has 1 rings (SSSR count). The van der Waals surface area contributed by atoms with Gasteiger partial charge in [-0.05, 0) is 6.07 Å². The van der Waals surface area contributed by atoms with E-state index in [2.05, 4.69) is 4.98 Å². The second-order valence-electron chi connectivity index (χ2n) is 2.04.